The molecular formula is C19H17ClF3N5O. The molecule has 0 spiro atoms. The number of fused-ring (bicyclic) bond motifs is 1. The second kappa shape index (κ2) is 6.62. The molecule has 29 heavy (non-hydrogen) atoms. The van der Waals surface area contributed by atoms with E-state index in [4.69, 9.17) is 17.3 Å². The minimum absolute atomic E-state index is 0.167. The van der Waals surface area contributed by atoms with Crippen molar-refractivity contribution in [2.24, 2.45) is 15.7 Å². The van der Waals surface area contributed by atoms with Gasteiger partial charge >= 0.3 is 5.92 Å². The second-order valence-electron chi connectivity index (χ2n) is 7.11. The number of amidine groups is 2. The minimum Gasteiger partial charge on any atom is -0.459 e. The van der Waals surface area contributed by atoms with Gasteiger partial charge in [0.2, 0.25) is 0 Å². The van der Waals surface area contributed by atoms with Crippen molar-refractivity contribution >= 4 is 29.1 Å². The molecule has 3 N–H and O–H groups in total. The number of hydrogen-bond acceptors (Lipinski definition) is 6. The molecule has 152 valence electrons. The van der Waals surface area contributed by atoms with E-state index in [-0.39, 0.29) is 12.1 Å². The molecule has 0 saturated heterocycles. The van der Waals surface area contributed by atoms with Crippen molar-refractivity contribution in [1.29, 1.82) is 0 Å². The summed E-state index contributed by atoms with van der Waals surface area (Å²) in [7, 11) is 0. The molecule has 2 aliphatic rings. The molecule has 6 nitrogen and oxygen atoms in total. The predicted molar refractivity (Wildman–Crippen MR) is 104 cm³/mol. The Morgan fingerprint density at radius 1 is 1.28 bits per heavy atom. The monoisotopic (exact) mass is 423 g/mol. The maximum absolute atomic E-state index is 14.8. The number of alkyl halides is 2. The van der Waals surface area contributed by atoms with Gasteiger partial charge in [0, 0.05) is 23.0 Å². The fourth-order valence-electron chi connectivity index (χ4n) is 3.39. The second-order valence-corrected chi connectivity index (χ2v) is 7.55. The largest absolute Gasteiger partial charge is 0.459 e. The normalized spacial score (nSPS) is 22.7. The molecule has 1 atom stereocenters. The summed E-state index contributed by atoms with van der Waals surface area (Å²) in [6, 6.07) is 3.83. The molecule has 0 aliphatic carbocycles. The van der Waals surface area contributed by atoms with Gasteiger partial charge in [0.05, 0.1) is 11.6 Å². The lowest BCUT2D eigenvalue weighted by Crippen LogP contribution is -2.51. The van der Waals surface area contributed by atoms with Crippen molar-refractivity contribution in [3.05, 3.63) is 57.6 Å². The first-order valence-corrected chi connectivity index (χ1v) is 9.11. The fraction of sp³-hybridized carbons (Fsp3) is 0.316. The van der Waals surface area contributed by atoms with Crippen LogP contribution in [0.4, 0.5) is 18.9 Å². The van der Waals surface area contributed by atoms with Crippen molar-refractivity contribution < 1.29 is 17.9 Å². The number of aryl methyl sites for hydroxylation is 1. The average molecular weight is 424 g/mol. The third kappa shape index (κ3) is 3.19. The Bertz CT molecular complexity index is 1070. The third-order valence-electron chi connectivity index (χ3n) is 5.09. The van der Waals surface area contributed by atoms with Gasteiger partial charge in [-0.05, 0) is 37.6 Å². The van der Waals surface area contributed by atoms with Gasteiger partial charge in [-0.1, -0.05) is 11.6 Å². The smallest absolute Gasteiger partial charge is 0.310 e. The number of pyridine rings is 1. The predicted octanol–water partition coefficient (Wildman–Crippen LogP) is 3.75. The molecule has 0 saturated carbocycles. The molecule has 10 heteroatoms. The van der Waals surface area contributed by atoms with E-state index >= 15 is 0 Å². The van der Waals surface area contributed by atoms with E-state index in [0.717, 1.165) is 12.5 Å². The molecule has 0 unspecified atom stereocenters. The highest BCUT2D eigenvalue weighted by atomic mass is 35.5. The molecule has 0 bridgehead atoms. The molecule has 0 amide bonds. The van der Waals surface area contributed by atoms with Crippen LogP contribution in [-0.2, 0) is 16.8 Å². The Kier molecular flexibility index (Phi) is 4.45. The maximum Gasteiger partial charge on any atom is 0.310 e. The highest BCUT2D eigenvalue weighted by molar-refractivity contribution is 6.30. The summed E-state index contributed by atoms with van der Waals surface area (Å²) in [5, 5.41) is 3.54. The standard InChI is InChI=1S/C19H17ClF3N5O/c1-9-3-11(20)7-25-15(9)16-26-6-10-4-13(21)12(5-14(10)27-16)18(2)19(22,23)8-29-17(24)28-18/h3-5,7H,6,8H2,1-2H3,(H2,24,28)(H,26,27)/t18-/m1/s1. The molecule has 2 aromatic rings. The number of hydrogen-bond donors (Lipinski definition) is 2. The van der Waals surface area contributed by atoms with E-state index in [9.17, 15) is 13.2 Å². The fourth-order valence-corrected chi connectivity index (χ4v) is 3.60. The minimum atomic E-state index is -3.45. The molecule has 1 aromatic carbocycles. The van der Waals surface area contributed by atoms with Crippen LogP contribution in [0.5, 0.6) is 0 Å². The van der Waals surface area contributed by atoms with Gasteiger partial charge in [0.15, 0.2) is 18.0 Å². The number of benzene rings is 1. The Balaban J connectivity index is 1.77. The molecule has 0 fully saturated rings. The summed E-state index contributed by atoms with van der Waals surface area (Å²) in [4.78, 5) is 12.4. The Hall–Kier alpha value is -2.81. The summed E-state index contributed by atoms with van der Waals surface area (Å²) in [6.45, 7) is 2.14. The van der Waals surface area contributed by atoms with E-state index in [1.807, 2.05) is 6.92 Å². The average Bonchev–Trinajstić information content (AvgIpc) is 2.64. The Morgan fingerprint density at radius 3 is 2.76 bits per heavy atom. The van der Waals surface area contributed by atoms with E-state index < -0.39 is 29.9 Å². The van der Waals surface area contributed by atoms with Crippen molar-refractivity contribution in [2.75, 3.05) is 11.9 Å². The first kappa shape index (κ1) is 19.5. The first-order chi connectivity index (χ1) is 13.6. The van der Waals surface area contributed by atoms with Gasteiger partial charge in [-0.25, -0.2) is 9.38 Å². The third-order valence-corrected chi connectivity index (χ3v) is 5.30. The van der Waals surface area contributed by atoms with Gasteiger partial charge in [-0.15, -0.1) is 0 Å². The van der Waals surface area contributed by atoms with Crippen LogP contribution < -0.4 is 11.1 Å². The lowest BCUT2D eigenvalue weighted by atomic mass is 9.84. The van der Waals surface area contributed by atoms with E-state index in [1.54, 1.807) is 6.07 Å². The van der Waals surface area contributed by atoms with Crippen molar-refractivity contribution in [3.8, 4) is 0 Å². The summed E-state index contributed by atoms with van der Waals surface area (Å²) >= 11 is 5.95. The summed E-state index contributed by atoms with van der Waals surface area (Å²) in [6.07, 6.45) is 1.49. The molecular weight excluding hydrogens is 407 g/mol. The number of rotatable bonds is 2. The van der Waals surface area contributed by atoms with Crippen LogP contribution in [0.2, 0.25) is 5.02 Å². The van der Waals surface area contributed by atoms with Crippen LogP contribution in [0.3, 0.4) is 0 Å². The van der Waals surface area contributed by atoms with Crippen molar-refractivity contribution in [3.63, 3.8) is 0 Å². The summed E-state index contributed by atoms with van der Waals surface area (Å²) in [5.74, 6) is -3.83. The van der Waals surface area contributed by atoms with Gasteiger partial charge in [0.25, 0.3) is 6.02 Å². The number of anilines is 1. The number of nitrogens with one attached hydrogen (secondary N) is 1. The van der Waals surface area contributed by atoms with Crippen LogP contribution in [0.1, 0.15) is 29.3 Å². The molecule has 1 aromatic heterocycles. The topological polar surface area (TPSA) is 84.9 Å². The maximum atomic E-state index is 14.8. The van der Waals surface area contributed by atoms with Crippen LogP contribution in [0.15, 0.2) is 34.4 Å². The van der Waals surface area contributed by atoms with Gasteiger partial charge < -0.3 is 15.8 Å². The van der Waals surface area contributed by atoms with Gasteiger partial charge in [0.1, 0.15) is 11.5 Å². The van der Waals surface area contributed by atoms with Gasteiger partial charge in [-0.2, -0.15) is 8.78 Å². The highest BCUT2D eigenvalue weighted by Gasteiger charge is 2.56. The van der Waals surface area contributed by atoms with Crippen molar-refractivity contribution in [2.45, 2.75) is 31.9 Å². The Morgan fingerprint density at radius 2 is 2.03 bits per heavy atom. The van der Waals surface area contributed by atoms with Crippen LogP contribution in [0, 0.1) is 12.7 Å². The number of nitrogens with two attached hydrogens (primary N) is 1. The van der Waals surface area contributed by atoms with E-state index in [0.29, 0.717) is 27.8 Å². The van der Waals surface area contributed by atoms with Crippen LogP contribution >= 0.6 is 11.6 Å². The number of nitrogens with zero attached hydrogens (tertiary/aromatic N) is 3. The lowest BCUT2D eigenvalue weighted by Gasteiger charge is -2.38. The quantitative estimate of drug-likeness (QED) is 0.770. The zero-order valence-electron chi connectivity index (χ0n) is 15.6. The molecule has 4 rings (SSSR count). The summed E-state index contributed by atoms with van der Waals surface area (Å²) in [5.41, 5.74) is 5.33. The zero-order valence-corrected chi connectivity index (χ0v) is 16.3. The number of aromatic nitrogens is 1. The lowest BCUT2D eigenvalue weighted by molar-refractivity contribution is -0.117. The number of aliphatic imine (C=N–C) groups is 2. The van der Waals surface area contributed by atoms with Gasteiger partial charge in [-0.3, -0.25) is 9.98 Å². The molecule has 0 radical (unpaired) electrons. The number of ether oxygens (including phenoxy) is 1. The zero-order chi connectivity index (χ0) is 21.0. The van der Waals surface area contributed by atoms with E-state index in [1.165, 1.54) is 18.3 Å². The van der Waals surface area contributed by atoms with Crippen LogP contribution in [-0.4, -0.2) is 29.4 Å². The SMILES string of the molecule is Cc1cc(Cl)cnc1C1=NCc2cc(F)c([C@@]3(C)N=C(N)OCC3(F)F)cc2N1. The van der Waals surface area contributed by atoms with Crippen molar-refractivity contribution in [1.82, 2.24) is 4.98 Å². The Labute approximate surface area is 169 Å². The summed E-state index contributed by atoms with van der Waals surface area (Å²) < 4.78 is 48.8. The molecule has 2 aliphatic heterocycles. The molecule has 3 heterocycles. The highest BCUT2D eigenvalue weighted by Crippen LogP contribution is 2.45. The number of halogens is 4. The first-order valence-electron chi connectivity index (χ1n) is 8.73. The van der Waals surface area contributed by atoms with Crippen LogP contribution in [0.25, 0.3) is 0 Å². The van der Waals surface area contributed by atoms with E-state index in [2.05, 4.69) is 25.0 Å².